The first-order valence-corrected chi connectivity index (χ1v) is 9.03. The number of hydrogen-bond donors (Lipinski definition) is 4. The molecule has 1 aliphatic rings. The first-order chi connectivity index (χ1) is 12.6. The summed E-state index contributed by atoms with van der Waals surface area (Å²) in [6.07, 6.45) is -3.41. The van der Waals surface area contributed by atoms with Crippen molar-refractivity contribution >= 4 is 35.0 Å². The molecular formula is C15H18ClF3N4O3S. The molecule has 0 radical (unpaired) electrons. The van der Waals surface area contributed by atoms with Gasteiger partial charge in [0.15, 0.2) is 5.70 Å². The predicted octanol–water partition coefficient (Wildman–Crippen LogP) is 2.62. The lowest BCUT2D eigenvalue weighted by molar-refractivity contribution is -0.274. The van der Waals surface area contributed by atoms with Gasteiger partial charge in [0, 0.05) is 24.0 Å². The van der Waals surface area contributed by atoms with Crippen LogP contribution in [0.15, 0.2) is 28.9 Å². The van der Waals surface area contributed by atoms with Gasteiger partial charge in [-0.3, -0.25) is 5.84 Å². The van der Waals surface area contributed by atoms with Crippen molar-refractivity contribution in [3.63, 3.8) is 0 Å². The van der Waals surface area contributed by atoms with Gasteiger partial charge in [-0.15, -0.1) is 24.9 Å². The normalized spacial score (nSPS) is 16.7. The van der Waals surface area contributed by atoms with Gasteiger partial charge in [-0.2, -0.15) is 0 Å². The molecule has 0 unspecified atom stereocenters. The predicted molar refractivity (Wildman–Crippen MR) is 97.1 cm³/mol. The monoisotopic (exact) mass is 426 g/mol. The van der Waals surface area contributed by atoms with E-state index >= 15 is 0 Å². The highest BCUT2D eigenvalue weighted by molar-refractivity contribution is 8.03. The molecule has 7 nitrogen and oxygen atoms in total. The van der Waals surface area contributed by atoms with Crippen molar-refractivity contribution in [2.24, 2.45) is 11.6 Å². The zero-order valence-corrected chi connectivity index (χ0v) is 15.5. The number of piperidine rings is 1. The fourth-order valence-electron chi connectivity index (χ4n) is 2.60. The summed E-state index contributed by atoms with van der Waals surface area (Å²) in [7, 11) is 0. The molecule has 0 spiro atoms. The zero-order chi connectivity index (χ0) is 20.2. The molecule has 1 heterocycles. The van der Waals surface area contributed by atoms with Crippen molar-refractivity contribution < 1.29 is 27.8 Å². The number of aliphatic carboxylic acids is 1. The average molecular weight is 427 g/mol. The van der Waals surface area contributed by atoms with Gasteiger partial charge in [-0.25, -0.2) is 4.79 Å². The third-order valence-electron chi connectivity index (χ3n) is 3.85. The van der Waals surface area contributed by atoms with Crippen LogP contribution in [0.25, 0.3) is 0 Å². The van der Waals surface area contributed by atoms with Crippen molar-refractivity contribution in [1.82, 2.24) is 5.43 Å². The smallest absolute Gasteiger partial charge is 0.476 e. The molecule has 1 aliphatic heterocycles. The zero-order valence-electron chi connectivity index (χ0n) is 13.9. The number of ether oxygens (including phenoxy) is 1. The maximum atomic E-state index is 12.3. The third-order valence-corrected chi connectivity index (χ3v) is 5.40. The summed E-state index contributed by atoms with van der Waals surface area (Å²) in [4.78, 5) is 13.0. The Morgan fingerprint density at radius 1 is 1.37 bits per heavy atom. The molecule has 27 heavy (non-hydrogen) atoms. The number of rotatable bonds is 6. The van der Waals surface area contributed by atoms with Crippen molar-refractivity contribution in [2.45, 2.75) is 24.5 Å². The van der Waals surface area contributed by atoms with Gasteiger partial charge in [-0.05, 0) is 31.0 Å². The summed E-state index contributed by atoms with van der Waals surface area (Å²) in [6, 6.07) is 4.11. The number of alkyl halides is 3. The van der Waals surface area contributed by atoms with Gasteiger partial charge >= 0.3 is 12.3 Å². The quantitative estimate of drug-likeness (QED) is 0.312. The van der Waals surface area contributed by atoms with E-state index in [2.05, 4.69) is 10.2 Å². The van der Waals surface area contributed by atoms with Crippen LogP contribution in [-0.2, 0) is 4.79 Å². The minimum Gasteiger partial charge on any atom is -0.476 e. The molecular weight excluding hydrogens is 409 g/mol. The van der Waals surface area contributed by atoms with E-state index in [0.717, 1.165) is 0 Å². The number of carbonyl (C=O) groups is 1. The van der Waals surface area contributed by atoms with E-state index in [1.807, 2.05) is 4.90 Å². The number of hydrogen-bond acceptors (Lipinski definition) is 7. The minimum atomic E-state index is -4.80. The van der Waals surface area contributed by atoms with E-state index in [4.69, 9.17) is 28.3 Å². The van der Waals surface area contributed by atoms with Crippen LogP contribution >= 0.6 is 23.4 Å². The van der Waals surface area contributed by atoms with Gasteiger partial charge in [0.2, 0.25) is 0 Å². The van der Waals surface area contributed by atoms with Crippen molar-refractivity contribution in [3.05, 3.63) is 33.9 Å². The summed E-state index contributed by atoms with van der Waals surface area (Å²) in [5.41, 5.74) is 8.27. The van der Waals surface area contributed by atoms with Crippen LogP contribution in [0, 0.1) is 0 Å². The molecule has 1 aromatic carbocycles. The maximum absolute atomic E-state index is 12.3. The molecule has 150 valence electrons. The number of carboxylic acid groups (broad SMARTS) is 1. The number of nitrogens with one attached hydrogen (secondary N) is 1. The molecule has 1 fully saturated rings. The topological polar surface area (TPSA) is 114 Å². The summed E-state index contributed by atoms with van der Waals surface area (Å²) >= 11 is 7.11. The van der Waals surface area contributed by atoms with E-state index in [9.17, 15) is 18.0 Å². The first kappa shape index (κ1) is 21.3. The Kier molecular flexibility index (Phi) is 6.95. The van der Waals surface area contributed by atoms with E-state index in [0.29, 0.717) is 31.6 Å². The van der Waals surface area contributed by atoms with E-state index in [1.54, 1.807) is 0 Å². The fraction of sp³-hybridized carbons (Fsp3) is 0.400. The summed E-state index contributed by atoms with van der Waals surface area (Å²) < 4.78 is 40.7. The molecule has 0 aliphatic carbocycles. The second kappa shape index (κ2) is 8.81. The van der Waals surface area contributed by atoms with Crippen molar-refractivity contribution in [2.75, 3.05) is 18.0 Å². The molecule has 0 amide bonds. The fourth-order valence-corrected chi connectivity index (χ4v) is 3.89. The second-order valence-electron chi connectivity index (χ2n) is 5.66. The van der Waals surface area contributed by atoms with Crippen LogP contribution in [0.4, 0.5) is 18.9 Å². The third kappa shape index (κ3) is 6.01. The van der Waals surface area contributed by atoms with Crippen molar-refractivity contribution in [1.29, 1.82) is 0 Å². The second-order valence-corrected chi connectivity index (χ2v) is 7.40. The van der Waals surface area contributed by atoms with Crippen LogP contribution in [0.1, 0.15) is 12.8 Å². The van der Waals surface area contributed by atoms with E-state index in [-0.39, 0.29) is 21.0 Å². The highest BCUT2D eigenvalue weighted by Crippen LogP contribution is 2.35. The lowest BCUT2D eigenvalue weighted by Gasteiger charge is -2.33. The first-order valence-electron chi connectivity index (χ1n) is 7.77. The molecule has 6 N–H and O–H groups in total. The van der Waals surface area contributed by atoms with E-state index < -0.39 is 18.1 Å². The number of halogens is 4. The lowest BCUT2D eigenvalue weighted by Crippen LogP contribution is -2.35. The molecule has 1 aromatic rings. The standard InChI is InChI=1S/C15H18ClF3N4O3S/c16-10-7-8(1-2-11(10)26-15(17,18)19)23-5-3-9(4-6-23)27-13(20)12(22-21)14(24)25/h1-2,7,9,22H,3-6,20-21H2,(H,24,25)/b13-12+. The van der Waals surface area contributed by atoms with Crippen molar-refractivity contribution in [3.8, 4) is 5.75 Å². The van der Waals surface area contributed by atoms with Crippen LogP contribution < -0.4 is 26.6 Å². The number of carboxylic acids is 1. The summed E-state index contributed by atoms with van der Waals surface area (Å²) in [5, 5.41) is 9.04. The number of hydrazine groups is 1. The lowest BCUT2D eigenvalue weighted by atomic mass is 10.1. The number of thioether (sulfide) groups is 1. The Bertz CT molecular complexity index is 725. The average Bonchev–Trinajstić information content (AvgIpc) is 2.56. The number of benzene rings is 1. The SMILES string of the molecule is NN/C(C(=O)O)=C(\N)SC1CCN(c2ccc(OC(F)(F)F)c(Cl)c2)CC1. The Morgan fingerprint density at radius 2 is 2.00 bits per heavy atom. The molecule has 0 aromatic heterocycles. The molecule has 12 heteroatoms. The van der Waals surface area contributed by atoms with Crippen LogP contribution in [0.3, 0.4) is 0 Å². The van der Waals surface area contributed by atoms with Gasteiger partial charge in [0.1, 0.15) is 5.75 Å². The van der Waals surface area contributed by atoms with Crippen LogP contribution in [0.5, 0.6) is 5.75 Å². The molecule has 2 rings (SSSR count). The minimum absolute atomic E-state index is 0.0901. The molecule has 0 bridgehead atoms. The van der Waals surface area contributed by atoms with E-state index in [1.165, 1.54) is 30.0 Å². The van der Waals surface area contributed by atoms with Gasteiger partial charge in [0.25, 0.3) is 0 Å². The van der Waals surface area contributed by atoms with Crippen LogP contribution in [0.2, 0.25) is 5.02 Å². The van der Waals surface area contributed by atoms with Crippen LogP contribution in [-0.4, -0.2) is 35.8 Å². The number of anilines is 1. The van der Waals surface area contributed by atoms with Gasteiger partial charge in [-0.1, -0.05) is 11.6 Å². The number of nitrogens with two attached hydrogens (primary N) is 2. The molecule has 1 saturated heterocycles. The Morgan fingerprint density at radius 3 is 2.48 bits per heavy atom. The molecule has 0 saturated carbocycles. The van der Waals surface area contributed by atoms with Gasteiger partial charge < -0.3 is 25.9 Å². The van der Waals surface area contributed by atoms with Gasteiger partial charge in [0.05, 0.1) is 10.1 Å². The summed E-state index contributed by atoms with van der Waals surface area (Å²) in [5.74, 6) is 3.47. The highest BCUT2D eigenvalue weighted by atomic mass is 35.5. The Labute approximate surface area is 162 Å². The maximum Gasteiger partial charge on any atom is 0.573 e. The Balaban J connectivity index is 1.98. The highest BCUT2D eigenvalue weighted by Gasteiger charge is 2.32. The summed E-state index contributed by atoms with van der Waals surface area (Å²) in [6.45, 7) is 1.22. The Hall–Kier alpha value is -1.98. The largest absolute Gasteiger partial charge is 0.573 e. The number of nitrogens with zero attached hydrogens (tertiary/aromatic N) is 1. The molecule has 0 atom stereocenters.